The summed E-state index contributed by atoms with van der Waals surface area (Å²) in [5, 5.41) is 3.37. The molecule has 14 heavy (non-hydrogen) atoms. The van der Waals surface area contributed by atoms with Crippen molar-refractivity contribution in [1.29, 1.82) is 0 Å². The molecule has 2 atom stereocenters. The number of hydrogen-bond acceptors (Lipinski definition) is 4. The van der Waals surface area contributed by atoms with E-state index in [4.69, 9.17) is 0 Å². The van der Waals surface area contributed by atoms with Gasteiger partial charge < -0.3 is 10.7 Å². The Bertz CT molecular complexity index is 225. The van der Waals surface area contributed by atoms with Crippen LogP contribution in [0.5, 0.6) is 0 Å². The van der Waals surface area contributed by atoms with Gasteiger partial charge in [-0.3, -0.25) is 4.90 Å². The molecule has 1 fully saturated rings. The van der Waals surface area contributed by atoms with E-state index in [0.717, 1.165) is 26.2 Å². The van der Waals surface area contributed by atoms with Crippen molar-refractivity contribution in [2.75, 3.05) is 26.2 Å². The van der Waals surface area contributed by atoms with E-state index >= 15 is 0 Å². The van der Waals surface area contributed by atoms with E-state index < -0.39 is 0 Å². The summed E-state index contributed by atoms with van der Waals surface area (Å²) < 4.78 is 1.20. The van der Waals surface area contributed by atoms with Crippen molar-refractivity contribution >= 4 is 22.6 Å². The van der Waals surface area contributed by atoms with Crippen molar-refractivity contribution in [3.8, 4) is 0 Å². The second-order valence-electron chi connectivity index (χ2n) is 3.87. The molecule has 0 spiro atoms. The molecule has 2 heterocycles. The van der Waals surface area contributed by atoms with E-state index in [1.165, 1.54) is 3.70 Å². The summed E-state index contributed by atoms with van der Waals surface area (Å²) in [5.41, 5.74) is 6.56. The minimum absolute atomic E-state index is 0.440. The molecule has 0 bridgehead atoms. The van der Waals surface area contributed by atoms with Gasteiger partial charge in [-0.1, -0.05) is 6.92 Å². The third-order valence-electron chi connectivity index (χ3n) is 2.79. The van der Waals surface area contributed by atoms with Gasteiger partial charge in [-0.2, -0.15) is 0 Å². The summed E-state index contributed by atoms with van der Waals surface area (Å²) in [6.07, 6.45) is 2.72. The average molecular weight is 308 g/mol. The molecule has 4 nitrogen and oxygen atoms in total. The second kappa shape index (κ2) is 4.78. The Morgan fingerprint density at radius 1 is 1.43 bits per heavy atom. The molecule has 2 aliphatic heterocycles. The van der Waals surface area contributed by atoms with Crippen LogP contribution in [-0.4, -0.2) is 37.2 Å². The molecule has 2 aliphatic rings. The van der Waals surface area contributed by atoms with Crippen LogP contribution in [-0.2, 0) is 0 Å². The van der Waals surface area contributed by atoms with Crippen molar-refractivity contribution < 1.29 is 0 Å². The number of nitrogens with zero attached hydrogens (tertiary/aromatic N) is 1. The number of piperazine rings is 1. The molecule has 80 valence electrons. The molecule has 0 saturated carbocycles. The summed E-state index contributed by atoms with van der Waals surface area (Å²) >= 11 is 2.31. The van der Waals surface area contributed by atoms with Crippen molar-refractivity contribution in [1.82, 2.24) is 21.1 Å². The van der Waals surface area contributed by atoms with Crippen LogP contribution in [0.2, 0.25) is 0 Å². The van der Waals surface area contributed by atoms with Crippen LogP contribution in [0, 0.1) is 5.92 Å². The molecule has 0 aromatic heterocycles. The normalized spacial score (nSPS) is 34.9. The Morgan fingerprint density at radius 3 is 2.79 bits per heavy atom. The summed E-state index contributed by atoms with van der Waals surface area (Å²) in [6.45, 7) is 6.73. The zero-order valence-corrected chi connectivity index (χ0v) is 10.5. The maximum atomic E-state index is 3.37. The predicted molar refractivity (Wildman–Crippen MR) is 65.8 cm³/mol. The number of hydrogen-bond donors (Lipinski definition) is 3. The first-order valence-electron chi connectivity index (χ1n) is 5.11. The Balaban J connectivity index is 1.97. The molecule has 5 heteroatoms. The third kappa shape index (κ3) is 2.39. The van der Waals surface area contributed by atoms with Gasteiger partial charge in [-0.25, -0.2) is 5.43 Å². The first-order valence-corrected chi connectivity index (χ1v) is 6.19. The fourth-order valence-corrected chi connectivity index (χ4v) is 2.74. The van der Waals surface area contributed by atoms with Crippen LogP contribution in [0.4, 0.5) is 0 Å². The number of hydrazine groups is 1. The highest BCUT2D eigenvalue weighted by Gasteiger charge is 2.26. The van der Waals surface area contributed by atoms with E-state index in [2.05, 4.69) is 56.7 Å². The van der Waals surface area contributed by atoms with Gasteiger partial charge in [-0.05, 0) is 28.7 Å². The smallest absolute Gasteiger partial charge is 0.0837 e. The Hall–Kier alpha value is 0.150. The van der Waals surface area contributed by atoms with Gasteiger partial charge in [0.15, 0.2) is 0 Å². The molecule has 0 aliphatic carbocycles. The summed E-state index contributed by atoms with van der Waals surface area (Å²) in [5.74, 6) is 0.571. The predicted octanol–water partition coefficient (Wildman–Crippen LogP) is 0.238. The van der Waals surface area contributed by atoms with E-state index in [-0.39, 0.29) is 0 Å². The monoisotopic (exact) mass is 308 g/mol. The molecule has 3 N–H and O–H groups in total. The number of nitrogens with one attached hydrogen (secondary N) is 3. The van der Waals surface area contributed by atoms with Gasteiger partial charge in [-0.15, -0.1) is 0 Å². The summed E-state index contributed by atoms with van der Waals surface area (Å²) in [4.78, 5) is 2.49. The Labute approximate surface area is 98.6 Å². The van der Waals surface area contributed by atoms with E-state index in [0.29, 0.717) is 12.1 Å². The molecule has 2 unspecified atom stereocenters. The molecular weight excluding hydrogens is 291 g/mol. The maximum Gasteiger partial charge on any atom is 0.0837 e. The number of rotatable bonds is 1. The summed E-state index contributed by atoms with van der Waals surface area (Å²) in [6, 6.07) is 0. The van der Waals surface area contributed by atoms with Crippen molar-refractivity contribution in [2.24, 2.45) is 5.92 Å². The van der Waals surface area contributed by atoms with Crippen LogP contribution >= 0.6 is 22.6 Å². The van der Waals surface area contributed by atoms with Gasteiger partial charge in [0.1, 0.15) is 0 Å². The van der Waals surface area contributed by atoms with Crippen LogP contribution in [0.3, 0.4) is 0 Å². The van der Waals surface area contributed by atoms with Crippen LogP contribution in [0.25, 0.3) is 0 Å². The standard InChI is InChI=1S/C9H17IN4/c1-7-6-8(10)12-13-9(7)14-4-2-11-3-5-14/h6-7,9,11-13H,2-5H2,1H3. The highest BCUT2D eigenvalue weighted by molar-refractivity contribution is 14.1. The third-order valence-corrected chi connectivity index (χ3v) is 3.42. The van der Waals surface area contributed by atoms with E-state index in [1.54, 1.807) is 0 Å². The molecular formula is C9H17IN4. The van der Waals surface area contributed by atoms with Gasteiger partial charge in [0.2, 0.25) is 0 Å². The minimum atomic E-state index is 0.440. The largest absolute Gasteiger partial charge is 0.315 e. The minimum Gasteiger partial charge on any atom is -0.315 e. The lowest BCUT2D eigenvalue weighted by molar-refractivity contribution is 0.104. The number of halogens is 1. The highest BCUT2D eigenvalue weighted by Crippen LogP contribution is 2.18. The summed E-state index contributed by atoms with van der Waals surface area (Å²) in [7, 11) is 0. The lowest BCUT2D eigenvalue weighted by atomic mass is 10.1. The van der Waals surface area contributed by atoms with Gasteiger partial charge in [0.25, 0.3) is 0 Å². The zero-order valence-electron chi connectivity index (χ0n) is 8.39. The Kier molecular flexibility index (Phi) is 3.64. The van der Waals surface area contributed by atoms with Crippen molar-refractivity contribution in [2.45, 2.75) is 13.1 Å². The first kappa shape index (κ1) is 10.7. The molecule has 0 amide bonds. The molecule has 0 radical (unpaired) electrons. The van der Waals surface area contributed by atoms with Crippen LogP contribution in [0.15, 0.2) is 9.78 Å². The second-order valence-corrected chi connectivity index (χ2v) is 5.04. The lowest BCUT2D eigenvalue weighted by Crippen LogP contribution is -2.60. The maximum absolute atomic E-state index is 3.37. The fraction of sp³-hybridized carbons (Fsp3) is 0.778. The first-order chi connectivity index (χ1) is 6.77. The molecule has 0 aromatic rings. The quantitative estimate of drug-likeness (QED) is 0.479. The molecule has 0 aromatic carbocycles. The fourth-order valence-electron chi connectivity index (χ4n) is 2.02. The topological polar surface area (TPSA) is 39.3 Å². The van der Waals surface area contributed by atoms with Crippen molar-refractivity contribution in [3.63, 3.8) is 0 Å². The van der Waals surface area contributed by atoms with Gasteiger partial charge in [0, 0.05) is 32.1 Å². The Morgan fingerprint density at radius 2 is 2.14 bits per heavy atom. The van der Waals surface area contributed by atoms with Crippen LogP contribution < -0.4 is 16.2 Å². The van der Waals surface area contributed by atoms with Gasteiger partial charge >= 0.3 is 0 Å². The van der Waals surface area contributed by atoms with Crippen LogP contribution in [0.1, 0.15) is 6.92 Å². The zero-order chi connectivity index (χ0) is 9.97. The van der Waals surface area contributed by atoms with Gasteiger partial charge in [0.05, 0.1) is 9.87 Å². The SMILES string of the molecule is CC1C=C(I)NNC1N1CCNCC1. The van der Waals surface area contributed by atoms with Crippen molar-refractivity contribution in [3.05, 3.63) is 9.78 Å². The molecule has 2 rings (SSSR count). The van der Waals surface area contributed by atoms with E-state index in [1.807, 2.05) is 0 Å². The average Bonchev–Trinajstić information content (AvgIpc) is 2.19. The lowest BCUT2D eigenvalue weighted by Gasteiger charge is -2.40. The highest BCUT2D eigenvalue weighted by atomic mass is 127. The van der Waals surface area contributed by atoms with E-state index in [9.17, 15) is 0 Å². The molecule has 1 saturated heterocycles.